The van der Waals surface area contributed by atoms with Gasteiger partial charge in [0, 0.05) is 28.1 Å². The smallest absolute Gasteiger partial charge is 0.108 e. The van der Waals surface area contributed by atoms with E-state index in [0.717, 1.165) is 33.0 Å². The normalized spacial score (nSPS) is 11.4. The molecule has 4 heterocycles. The Bertz CT molecular complexity index is 1150. The minimum absolute atomic E-state index is 0.695. The minimum atomic E-state index is 0.695. The number of hydrogen-bond acceptors (Lipinski definition) is 3. The first-order valence-corrected chi connectivity index (χ1v) is 8.93. The van der Waals surface area contributed by atoms with Gasteiger partial charge in [0.2, 0.25) is 0 Å². The van der Waals surface area contributed by atoms with E-state index in [1.165, 1.54) is 5.39 Å². The lowest BCUT2D eigenvalue weighted by Gasteiger charge is -2.08. The van der Waals surface area contributed by atoms with Gasteiger partial charge in [-0.1, -0.05) is 17.7 Å². The van der Waals surface area contributed by atoms with Crippen LogP contribution in [-0.2, 0) is 0 Å². The van der Waals surface area contributed by atoms with Gasteiger partial charge in [-0.3, -0.25) is 0 Å². The second-order valence-corrected chi connectivity index (χ2v) is 6.92. The predicted molar refractivity (Wildman–Crippen MR) is 101 cm³/mol. The highest BCUT2D eigenvalue weighted by Gasteiger charge is 2.14. The van der Waals surface area contributed by atoms with E-state index in [4.69, 9.17) is 11.6 Å². The molecular weight excluding hydrogens is 354 g/mol. The summed E-state index contributed by atoms with van der Waals surface area (Å²) in [7, 11) is 0. The number of nitrogens with zero attached hydrogens (tertiary/aromatic N) is 3. The Morgan fingerprint density at radius 2 is 1.80 bits per heavy atom. The molecule has 0 atom stereocenters. The molecule has 5 nitrogen and oxygen atoms in total. The van der Waals surface area contributed by atoms with Crippen LogP contribution in [-0.4, -0.2) is 24.5 Å². The van der Waals surface area contributed by atoms with Crippen molar-refractivity contribution in [3.05, 3.63) is 65.9 Å². The monoisotopic (exact) mass is 365 g/mol. The summed E-state index contributed by atoms with van der Waals surface area (Å²) in [5.74, 6) is 0. The number of fused-ring (bicyclic) bond motifs is 1. The van der Waals surface area contributed by atoms with E-state index in [0.29, 0.717) is 5.02 Å². The van der Waals surface area contributed by atoms with E-state index in [9.17, 15) is 0 Å². The molecule has 5 aromatic rings. The number of benzene rings is 1. The molecule has 25 heavy (non-hydrogen) atoms. The Labute approximate surface area is 152 Å². The molecule has 7 heteroatoms. The van der Waals surface area contributed by atoms with Crippen molar-refractivity contribution in [3.8, 4) is 28.2 Å². The van der Waals surface area contributed by atoms with Crippen LogP contribution in [0.3, 0.4) is 0 Å². The standard InChI is InChI=1S/C18H12ClN5S/c19-14-5-11(15-6-20-9-22-15)1-2-17(14)24-4-3-12-13(8-25-18(12)24)16-7-21-10-23-16/h1-10H,(H,20,22)(H,21,23). The molecule has 122 valence electrons. The van der Waals surface area contributed by atoms with Crippen molar-refractivity contribution in [1.29, 1.82) is 0 Å². The van der Waals surface area contributed by atoms with Crippen LogP contribution in [0.1, 0.15) is 0 Å². The van der Waals surface area contributed by atoms with Gasteiger partial charge in [0.25, 0.3) is 0 Å². The van der Waals surface area contributed by atoms with Gasteiger partial charge in [0.05, 0.1) is 47.1 Å². The van der Waals surface area contributed by atoms with Crippen LogP contribution >= 0.6 is 22.9 Å². The van der Waals surface area contributed by atoms with Crippen LogP contribution in [0.2, 0.25) is 5.02 Å². The average molecular weight is 366 g/mol. The van der Waals surface area contributed by atoms with Crippen molar-refractivity contribution < 1.29 is 0 Å². The van der Waals surface area contributed by atoms with Crippen molar-refractivity contribution in [1.82, 2.24) is 24.5 Å². The maximum absolute atomic E-state index is 6.58. The third-order valence-corrected chi connectivity index (χ3v) is 5.52. The Balaban J connectivity index is 1.62. The van der Waals surface area contributed by atoms with Crippen molar-refractivity contribution in [2.24, 2.45) is 0 Å². The number of halogens is 1. The molecule has 0 unspecified atom stereocenters. The molecule has 0 radical (unpaired) electrons. The Morgan fingerprint density at radius 3 is 2.52 bits per heavy atom. The quantitative estimate of drug-likeness (QED) is 0.465. The van der Waals surface area contributed by atoms with E-state index in [-0.39, 0.29) is 0 Å². The fourth-order valence-electron chi connectivity index (χ4n) is 3.01. The number of H-pyrrole nitrogens is 2. The summed E-state index contributed by atoms with van der Waals surface area (Å²) in [5, 5.41) is 4.02. The van der Waals surface area contributed by atoms with Gasteiger partial charge in [-0.05, 0) is 18.2 Å². The van der Waals surface area contributed by atoms with Gasteiger partial charge >= 0.3 is 0 Å². The summed E-state index contributed by atoms with van der Waals surface area (Å²) in [6.45, 7) is 0. The van der Waals surface area contributed by atoms with Gasteiger partial charge in [-0.2, -0.15) is 0 Å². The van der Waals surface area contributed by atoms with Gasteiger partial charge in [0.1, 0.15) is 4.83 Å². The summed E-state index contributed by atoms with van der Waals surface area (Å²) < 4.78 is 2.12. The summed E-state index contributed by atoms with van der Waals surface area (Å²) in [6, 6.07) is 8.15. The van der Waals surface area contributed by atoms with Crippen LogP contribution < -0.4 is 0 Å². The molecule has 0 bridgehead atoms. The molecule has 4 aromatic heterocycles. The number of thiophene rings is 1. The Kier molecular flexibility index (Phi) is 3.26. The molecule has 0 saturated heterocycles. The molecule has 0 amide bonds. The number of hydrogen-bond donors (Lipinski definition) is 2. The van der Waals surface area contributed by atoms with E-state index < -0.39 is 0 Å². The number of aromatic nitrogens is 5. The van der Waals surface area contributed by atoms with E-state index >= 15 is 0 Å². The SMILES string of the molecule is Clc1cc(-c2cnc[nH]2)ccc1-n1ccc2c(-c3cnc[nH]3)csc21. The second kappa shape index (κ2) is 5.61. The zero-order valence-corrected chi connectivity index (χ0v) is 14.5. The summed E-state index contributed by atoms with van der Waals surface area (Å²) >= 11 is 8.27. The second-order valence-electron chi connectivity index (χ2n) is 5.65. The maximum atomic E-state index is 6.58. The van der Waals surface area contributed by atoms with Crippen molar-refractivity contribution in [3.63, 3.8) is 0 Å². The van der Waals surface area contributed by atoms with Gasteiger partial charge in [-0.25, -0.2) is 9.97 Å². The molecule has 0 spiro atoms. The Hall–Kier alpha value is -2.83. The highest BCUT2D eigenvalue weighted by molar-refractivity contribution is 7.17. The Morgan fingerprint density at radius 1 is 1.00 bits per heavy atom. The van der Waals surface area contributed by atoms with Gasteiger partial charge in [0.15, 0.2) is 0 Å². The molecule has 2 N–H and O–H groups in total. The van der Waals surface area contributed by atoms with E-state index in [1.807, 2.05) is 24.4 Å². The first kappa shape index (κ1) is 14.5. The summed E-state index contributed by atoms with van der Waals surface area (Å²) in [5.41, 5.74) is 5.09. The number of nitrogens with one attached hydrogen (secondary N) is 2. The third-order valence-electron chi connectivity index (χ3n) is 4.22. The molecule has 0 saturated carbocycles. The van der Waals surface area contributed by atoms with E-state index in [2.05, 4.69) is 42.1 Å². The van der Waals surface area contributed by atoms with Crippen LogP contribution in [0.4, 0.5) is 0 Å². The molecule has 0 aliphatic heterocycles. The third kappa shape index (κ3) is 2.30. The van der Waals surface area contributed by atoms with Crippen LogP contribution in [0.15, 0.2) is 60.9 Å². The van der Waals surface area contributed by atoms with E-state index in [1.54, 1.807) is 30.2 Å². The summed E-state index contributed by atoms with van der Waals surface area (Å²) in [6.07, 6.45) is 9.04. The predicted octanol–water partition coefficient (Wildman–Crippen LogP) is 5.13. The highest BCUT2D eigenvalue weighted by Crippen LogP contribution is 2.37. The maximum Gasteiger partial charge on any atom is 0.108 e. The van der Waals surface area contributed by atoms with Crippen LogP contribution in [0.25, 0.3) is 38.4 Å². The zero-order chi connectivity index (χ0) is 16.8. The minimum Gasteiger partial charge on any atom is -0.345 e. The van der Waals surface area contributed by atoms with Crippen molar-refractivity contribution in [2.75, 3.05) is 0 Å². The van der Waals surface area contributed by atoms with Crippen molar-refractivity contribution in [2.45, 2.75) is 0 Å². The van der Waals surface area contributed by atoms with Gasteiger partial charge in [-0.15, -0.1) is 11.3 Å². The highest BCUT2D eigenvalue weighted by atomic mass is 35.5. The first-order chi connectivity index (χ1) is 12.3. The molecule has 0 fully saturated rings. The lowest BCUT2D eigenvalue weighted by molar-refractivity contribution is 1.14. The van der Waals surface area contributed by atoms with Gasteiger partial charge < -0.3 is 14.5 Å². The molecule has 5 rings (SSSR count). The first-order valence-electron chi connectivity index (χ1n) is 7.67. The molecular formula is C18H12ClN5S. The number of rotatable bonds is 3. The van der Waals surface area contributed by atoms with Crippen molar-refractivity contribution >= 4 is 33.2 Å². The fraction of sp³-hybridized carbons (Fsp3) is 0. The fourth-order valence-corrected chi connectivity index (χ4v) is 4.34. The van der Waals surface area contributed by atoms with Crippen LogP contribution in [0, 0.1) is 0 Å². The van der Waals surface area contributed by atoms with Crippen LogP contribution in [0.5, 0.6) is 0 Å². The summed E-state index contributed by atoms with van der Waals surface area (Å²) in [4.78, 5) is 15.6. The lowest BCUT2D eigenvalue weighted by Crippen LogP contribution is -1.92. The average Bonchev–Trinajstić information content (AvgIpc) is 3.38. The topological polar surface area (TPSA) is 62.3 Å². The number of imidazole rings is 2. The lowest BCUT2D eigenvalue weighted by atomic mass is 10.1. The zero-order valence-electron chi connectivity index (χ0n) is 12.9. The molecule has 0 aliphatic carbocycles. The molecule has 0 aliphatic rings. The largest absolute Gasteiger partial charge is 0.345 e. The molecule has 1 aromatic carbocycles. The number of aromatic amines is 2.